The second-order valence-electron chi connectivity index (χ2n) is 16.3. The number of nitro groups is 1. The molecule has 4 atom stereocenters. The molecule has 3 aliphatic rings. The Bertz CT molecular complexity index is 3000. The van der Waals surface area contributed by atoms with E-state index in [1.165, 1.54) is 41.3 Å². The Labute approximate surface area is 414 Å². The number of aliphatic carboxylic acids is 1. The first-order chi connectivity index (χ1) is 34.6. The van der Waals surface area contributed by atoms with Gasteiger partial charge in [-0.2, -0.15) is 0 Å². The molecule has 6 aromatic carbocycles. The fourth-order valence-corrected chi connectivity index (χ4v) is 11.2. The number of nitrogens with one attached hydrogen (secondary N) is 2. The Kier molecular flexibility index (Phi) is 14.3. The van der Waals surface area contributed by atoms with Gasteiger partial charge in [0.05, 0.1) is 12.0 Å². The third kappa shape index (κ3) is 9.83. The van der Waals surface area contributed by atoms with E-state index in [1.54, 1.807) is 24.3 Å². The Morgan fingerprint density at radius 1 is 0.817 bits per heavy atom. The Balaban J connectivity index is 1.02. The average Bonchev–Trinajstić information content (AvgIpc) is 3.79. The van der Waals surface area contributed by atoms with Crippen LogP contribution in [-0.4, -0.2) is 68.1 Å². The first-order valence-electron chi connectivity index (χ1n) is 22.2. The summed E-state index contributed by atoms with van der Waals surface area (Å²) < 4.78 is 10.6. The van der Waals surface area contributed by atoms with Crippen LogP contribution in [0.4, 0.5) is 5.69 Å². The van der Waals surface area contributed by atoms with Crippen molar-refractivity contribution in [2.75, 3.05) is 12.9 Å². The number of rotatable bonds is 16. The largest absolute Gasteiger partial charge is 0.480 e. The van der Waals surface area contributed by atoms with Crippen LogP contribution in [0.15, 0.2) is 214 Å². The summed E-state index contributed by atoms with van der Waals surface area (Å²) in [5, 5.41) is 28.8. The number of non-ortho nitro benzene ring substituents is 1. The maximum Gasteiger partial charge on any atom is 0.356 e. The summed E-state index contributed by atoms with van der Waals surface area (Å²) in [6.07, 6.45) is 2.47. The molecule has 0 bridgehead atoms. The molecule has 17 heteroatoms. The number of thioether (sulfide) groups is 1. The first-order valence-corrected chi connectivity index (χ1v) is 24.5. The number of nitrogens with zero attached hydrogens (tertiary/aromatic N) is 4. The number of carboxylic acids is 1. The number of amidine groups is 1. The van der Waals surface area contributed by atoms with Crippen molar-refractivity contribution >= 4 is 63.1 Å². The molecule has 3 aliphatic heterocycles. The quantitative estimate of drug-likeness (QED) is 0.0210. The molecule has 2 amide bonds. The van der Waals surface area contributed by atoms with Gasteiger partial charge in [-0.1, -0.05) is 168 Å². The van der Waals surface area contributed by atoms with Crippen LogP contribution >= 0.6 is 11.8 Å². The normalized spacial score (nSPS) is 18.6. The Morgan fingerprint density at radius 3 is 1.83 bits per heavy atom. The highest BCUT2D eigenvalue weighted by Gasteiger charge is 2.55. The van der Waals surface area contributed by atoms with E-state index in [2.05, 4.69) is 15.2 Å². The number of aliphatic imine (C=N–C) groups is 1. The molecule has 0 aromatic heterocycles. The highest BCUT2D eigenvalue weighted by molar-refractivity contribution is 8.05. The standard InChI is InChI=1S/C54H44N6O9S2/c1-68-58-71-34-43(55-53(71)57-54(39-21-11-4-12-22-39,40-23-13-5-14-24-40)41-25-15-6-16-26-41)44(51(63)64)48(61)56-45-49(62)59-46(38(33-70-50(45)59)30-27-35-28-31-42(32-29-35)60(66)67)52(65)69-47(36-17-7-2-8-18-36)37-19-9-3-10-20-37/h2-32,34,44-45,47,50H,33H2,1H3,(H,55,57)(H,56,61)(H,63,64)/t44?,45?,50-,71?/m1/s1. The Hall–Kier alpha value is -8.25. The summed E-state index contributed by atoms with van der Waals surface area (Å²) in [7, 11) is 0.0323. The van der Waals surface area contributed by atoms with Gasteiger partial charge in [-0.05, 0) is 51.1 Å². The third-order valence-electron chi connectivity index (χ3n) is 12.0. The molecular weight excluding hydrogens is 941 g/mol. The van der Waals surface area contributed by atoms with Crippen molar-refractivity contribution in [3.8, 4) is 0 Å². The summed E-state index contributed by atoms with van der Waals surface area (Å²) in [4.78, 5) is 79.3. The fourth-order valence-electron chi connectivity index (χ4n) is 8.65. The predicted molar refractivity (Wildman–Crippen MR) is 271 cm³/mol. The highest BCUT2D eigenvalue weighted by atomic mass is 32.2. The van der Waals surface area contributed by atoms with E-state index in [9.17, 15) is 34.4 Å². The summed E-state index contributed by atoms with van der Waals surface area (Å²) in [5.74, 6) is -5.62. The highest BCUT2D eigenvalue weighted by Crippen LogP contribution is 2.44. The zero-order valence-electron chi connectivity index (χ0n) is 37.8. The van der Waals surface area contributed by atoms with Crippen LogP contribution in [0.1, 0.15) is 39.5 Å². The SMILES string of the molecule is CON=S1C=C(C(C(=O)O)C(=O)NC2C(=O)N3C(C(=O)OC(c4ccccc4)c4ccccc4)=C(C=Cc4ccc([N+](=O)[O-])cc4)CS[C@H]23)NC1=NC(c1ccccc1)(c1ccccc1)c1ccccc1. The molecule has 15 nitrogen and oxygen atoms in total. The van der Waals surface area contributed by atoms with Gasteiger partial charge in [0.15, 0.2) is 17.2 Å². The van der Waals surface area contributed by atoms with Gasteiger partial charge in [-0.25, -0.2) is 14.6 Å². The number of β-lactam (4-membered cyclic amide) rings is 1. The van der Waals surface area contributed by atoms with Gasteiger partial charge in [0.25, 0.3) is 11.6 Å². The number of esters is 1. The molecule has 0 aliphatic carbocycles. The van der Waals surface area contributed by atoms with Crippen molar-refractivity contribution in [3.63, 3.8) is 0 Å². The van der Waals surface area contributed by atoms with Crippen molar-refractivity contribution in [2.45, 2.75) is 23.1 Å². The molecule has 3 N–H and O–H groups in total. The molecule has 1 fully saturated rings. The summed E-state index contributed by atoms with van der Waals surface area (Å²) >= 11 is 1.27. The van der Waals surface area contributed by atoms with Gasteiger partial charge in [0.1, 0.15) is 22.7 Å². The number of allylic oxidation sites excluding steroid dienone is 1. The minimum absolute atomic E-state index is 0.0309. The zero-order valence-corrected chi connectivity index (χ0v) is 39.4. The molecule has 6 aromatic rings. The van der Waals surface area contributed by atoms with Crippen LogP contribution in [0.5, 0.6) is 0 Å². The van der Waals surface area contributed by atoms with E-state index >= 15 is 0 Å². The molecular formula is C54H44N6O9S2. The van der Waals surface area contributed by atoms with E-state index in [1.807, 2.05) is 152 Å². The molecule has 0 spiro atoms. The lowest BCUT2D eigenvalue weighted by atomic mass is 9.77. The van der Waals surface area contributed by atoms with Gasteiger partial charge in [0, 0.05) is 39.7 Å². The number of hydrogen-bond donors (Lipinski definition) is 3. The van der Waals surface area contributed by atoms with Gasteiger partial charge >= 0.3 is 11.9 Å². The van der Waals surface area contributed by atoms with Crippen molar-refractivity contribution in [2.24, 2.45) is 15.4 Å². The lowest BCUT2D eigenvalue weighted by Crippen LogP contribution is -2.71. The van der Waals surface area contributed by atoms with E-state index in [0.29, 0.717) is 22.3 Å². The Morgan fingerprint density at radius 2 is 1.34 bits per heavy atom. The number of amides is 2. The van der Waals surface area contributed by atoms with Gasteiger partial charge in [0.2, 0.25) is 5.91 Å². The molecule has 356 valence electrons. The maximum atomic E-state index is 14.6. The van der Waals surface area contributed by atoms with Gasteiger partial charge in [-0.15, -0.1) is 11.8 Å². The number of benzene rings is 6. The lowest BCUT2D eigenvalue weighted by molar-refractivity contribution is -0.384. The molecule has 3 heterocycles. The minimum atomic E-state index is -1.85. The molecule has 71 heavy (non-hydrogen) atoms. The third-order valence-corrected chi connectivity index (χ3v) is 14.7. The van der Waals surface area contributed by atoms with Gasteiger partial charge in [-0.3, -0.25) is 29.4 Å². The molecule has 9 rings (SSSR count). The lowest BCUT2D eigenvalue weighted by Gasteiger charge is -2.49. The zero-order chi connectivity index (χ0) is 49.5. The number of carboxylic acid groups (broad SMARTS) is 1. The van der Waals surface area contributed by atoms with Crippen LogP contribution in [0.3, 0.4) is 0 Å². The van der Waals surface area contributed by atoms with E-state index in [-0.39, 0.29) is 28.0 Å². The summed E-state index contributed by atoms with van der Waals surface area (Å²) in [5.41, 5.74) is 3.48. The number of nitro benzene ring substituents is 1. The predicted octanol–water partition coefficient (Wildman–Crippen LogP) is 8.45. The monoisotopic (exact) mass is 984 g/mol. The number of hydrogen-bond acceptors (Lipinski definition) is 11. The minimum Gasteiger partial charge on any atom is -0.480 e. The first kappa shape index (κ1) is 47.8. The van der Waals surface area contributed by atoms with Crippen molar-refractivity contribution < 1.29 is 38.8 Å². The molecule has 0 radical (unpaired) electrons. The fraction of sp³-hybridized carbons (Fsp3) is 0.130. The van der Waals surface area contributed by atoms with Crippen molar-refractivity contribution in [1.82, 2.24) is 15.5 Å². The van der Waals surface area contributed by atoms with Crippen molar-refractivity contribution in [3.05, 3.63) is 248 Å². The van der Waals surface area contributed by atoms with Crippen LogP contribution < -0.4 is 10.6 Å². The topological polar surface area (TPSA) is 202 Å². The van der Waals surface area contributed by atoms with Gasteiger partial charge < -0.3 is 20.5 Å². The molecule has 3 unspecified atom stereocenters. The van der Waals surface area contributed by atoms with Crippen LogP contribution in [0.2, 0.25) is 0 Å². The van der Waals surface area contributed by atoms with Crippen LogP contribution in [0, 0.1) is 16.0 Å². The number of carbonyl (C=O) groups is 4. The maximum absolute atomic E-state index is 14.6. The summed E-state index contributed by atoms with van der Waals surface area (Å²) in [6.45, 7) is 0. The second-order valence-corrected chi connectivity index (χ2v) is 18.8. The average molecular weight is 985 g/mol. The second kappa shape index (κ2) is 21.2. The van der Waals surface area contributed by atoms with Crippen molar-refractivity contribution in [1.29, 1.82) is 0 Å². The molecule has 1 saturated heterocycles. The van der Waals surface area contributed by atoms with E-state index in [0.717, 1.165) is 16.7 Å². The smallest absolute Gasteiger partial charge is 0.356 e. The van der Waals surface area contributed by atoms with E-state index in [4.69, 9.17) is 14.6 Å². The van der Waals surface area contributed by atoms with Crippen LogP contribution in [-0.2, 0) is 45.0 Å². The van der Waals surface area contributed by atoms with E-state index < -0.39 is 68.3 Å². The summed E-state index contributed by atoms with van der Waals surface area (Å²) in [6, 6.07) is 51.8. The number of ether oxygens (including phenoxy) is 1. The molecule has 0 saturated carbocycles. The number of fused-ring (bicyclic) bond motifs is 1. The number of carbonyl (C=O) groups excluding carboxylic acids is 3. The van der Waals surface area contributed by atoms with Crippen LogP contribution in [0.25, 0.3) is 6.08 Å².